The molecule has 0 radical (unpaired) electrons. The van der Waals surface area contributed by atoms with Crippen molar-refractivity contribution in [2.75, 3.05) is 49.8 Å². The van der Waals surface area contributed by atoms with E-state index in [1.165, 1.54) is 35.3 Å². The molecule has 208 valence electrons. The normalized spacial score (nSPS) is 18.9. The number of carbonyl (C=O) groups is 3. The monoisotopic (exact) mass is 579 g/mol. The van der Waals surface area contributed by atoms with Gasteiger partial charge in [0.1, 0.15) is 29.9 Å². The maximum absolute atomic E-state index is 13.1. The summed E-state index contributed by atoms with van der Waals surface area (Å²) in [4.78, 5) is 54.2. The maximum atomic E-state index is 13.1. The Morgan fingerprint density at radius 3 is 2.72 bits per heavy atom. The number of β-lactam (4-membered cyclic amide) rings is 1. The van der Waals surface area contributed by atoms with Gasteiger partial charge < -0.3 is 36.1 Å². The number of carboxylic acids is 1. The van der Waals surface area contributed by atoms with E-state index < -0.39 is 29.2 Å². The third-order valence-electron chi connectivity index (χ3n) is 5.88. The fourth-order valence-electron chi connectivity index (χ4n) is 4.19. The number of nitrogens with two attached hydrogens (primary N) is 1. The molecule has 4 rings (SSSR count). The van der Waals surface area contributed by atoms with Crippen LogP contribution in [-0.4, -0.2) is 104 Å². The lowest BCUT2D eigenvalue weighted by atomic mass is 10.0. The number of nitrogens with zero attached hydrogens (tertiary/aromatic N) is 6. The number of aromatic nitrogens is 3. The van der Waals surface area contributed by atoms with Crippen LogP contribution in [0.1, 0.15) is 5.69 Å². The van der Waals surface area contributed by atoms with Crippen LogP contribution in [-0.2, 0) is 25.8 Å². The molecule has 0 spiro atoms. The molecular formula is C22H27N8O7S2+. The van der Waals surface area contributed by atoms with Gasteiger partial charge in [-0.05, 0) is 0 Å². The van der Waals surface area contributed by atoms with Crippen LogP contribution in [0.5, 0.6) is 0 Å². The summed E-state index contributed by atoms with van der Waals surface area (Å²) in [6.45, 7) is 0.433. The molecule has 1 saturated heterocycles. The van der Waals surface area contributed by atoms with Gasteiger partial charge in [0.05, 0.1) is 19.4 Å². The fraction of sp³-hybridized carbons (Fsp3) is 0.409. The fourth-order valence-corrected chi connectivity index (χ4v) is 6.07. The summed E-state index contributed by atoms with van der Waals surface area (Å²) >= 11 is 2.44. The first-order chi connectivity index (χ1) is 18.8. The van der Waals surface area contributed by atoms with Crippen molar-refractivity contribution in [2.24, 2.45) is 5.16 Å². The van der Waals surface area contributed by atoms with Crippen molar-refractivity contribution in [3.8, 4) is 0 Å². The van der Waals surface area contributed by atoms with Gasteiger partial charge in [0, 0.05) is 29.8 Å². The minimum Gasteiger partial charge on any atom is -0.477 e. The van der Waals surface area contributed by atoms with Crippen molar-refractivity contribution < 1.29 is 39.1 Å². The number of nitrogen functional groups attached to an aromatic ring is 1. The van der Waals surface area contributed by atoms with Gasteiger partial charge in [0.15, 0.2) is 29.4 Å². The maximum Gasteiger partial charge on any atom is 0.352 e. The number of thiazole rings is 1. The van der Waals surface area contributed by atoms with Gasteiger partial charge in [-0.15, -0.1) is 23.1 Å². The summed E-state index contributed by atoms with van der Waals surface area (Å²) in [6, 6.07) is -0.970. The molecule has 15 nitrogen and oxygen atoms in total. The molecule has 0 bridgehead atoms. The average molecular weight is 580 g/mol. The van der Waals surface area contributed by atoms with Crippen LogP contribution in [0, 0.1) is 0 Å². The first kappa shape index (κ1) is 28.2. The highest BCUT2D eigenvalue weighted by Gasteiger charge is 2.54. The van der Waals surface area contributed by atoms with Crippen molar-refractivity contribution >= 4 is 57.5 Å². The number of hydrogen-bond donors (Lipinski definition) is 5. The Hall–Kier alpha value is -3.80. The Bertz CT molecular complexity index is 1310. The number of aliphatic hydroxyl groups excluding tert-OH is 2. The zero-order chi connectivity index (χ0) is 28.1. The molecule has 39 heavy (non-hydrogen) atoms. The molecule has 17 heteroatoms. The summed E-state index contributed by atoms with van der Waals surface area (Å²) in [5.41, 5.74) is 6.04. The topological polar surface area (TPSA) is 208 Å². The quantitative estimate of drug-likeness (QED) is 0.0800. The number of anilines is 2. The molecule has 0 aliphatic carbocycles. The summed E-state index contributed by atoms with van der Waals surface area (Å²) in [7, 11) is 1.27. The van der Waals surface area contributed by atoms with E-state index in [9.17, 15) is 29.7 Å². The van der Waals surface area contributed by atoms with Gasteiger partial charge in [0.2, 0.25) is 6.20 Å². The van der Waals surface area contributed by atoms with Gasteiger partial charge in [-0.2, -0.15) is 4.57 Å². The van der Waals surface area contributed by atoms with Gasteiger partial charge in [-0.25, -0.2) is 14.8 Å². The first-order valence-electron chi connectivity index (χ1n) is 11.6. The molecule has 1 fully saturated rings. The van der Waals surface area contributed by atoms with Crippen LogP contribution >= 0.6 is 23.1 Å². The van der Waals surface area contributed by atoms with Crippen molar-refractivity contribution in [3.05, 3.63) is 40.9 Å². The molecule has 2 atom stereocenters. The Labute approximate surface area is 230 Å². The summed E-state index contributed by atoms with van der Waals surface area (Å²) in [5, 5.41) is 36.1. The Morgan fingerprint density at radius 2 is 2.10 bits per heavy atom. The molecule has 2 amide bonds. The molecular weight excluding hydrogens is 552 g/mol. The van der Waals surface area contributed by atoms with Crippen LogP contribution < -0.4 is 20.5 Å². The van der Waals surface area contributed by atoms with E-state index in [4.69, 9.17) is 10.6 Å². The van der Waals surface area contributed by atoms with Gasteiger partial charge in [0.25, 0.3) is 11.8 Å². The number of hydrogen-bond acceptors (Lipinski definition) is 13. The summed E-state index contributed by atoms with van der Waals surface area (Å²) in [5.74, 6) is -1.74. The molecule has 2 aliphatic heterocycles. The third-order valence-corrected chi connectivity index (χ3v) is 7.90. The molecule has 0 saturated carbocycles. The highest BCUT2D eigenvalue weighted by molar-refractivity contribution is 8.00. The average Bonchev–Trinajstić information content (AvgIpc) is 3.35. The summed E-state index contributed by atoms with van der Waals surface area (Å²) < 4.78 is 1.72. The number of oxime groups is 1. The number of fused-ring (bicyclic) bond motifs is 1. The number of rotatable bonds is 12. The largest absolute Gasteiger partial charge is 0.477 e. The van der Waals surface area contributed by atoms with Crippen molar-refractivity contribution in [3.63, 3.8) is 0 Å². The van der Waals surface area contributed by atoms with Crippen molar-refractivity contribution in [1.29, 1.82) is 0 Å². The van der Waals surface area contributed by atoms with Gasteiger partial charge >= 0.3 is 5.97 Å². The highest BCUT2D eigenvalue weighted by Crippen LogP contribution is 2.40. The Balaban J connectivity index is 1.52. The number of amides is 2. The minimum absolute atomic E-state index is 0.131. The SMILES string of the molecule is CON=C(C(=O)NC1C(=O)N2C(C(=O)O)=C(C[n+]3ccnc(N(CCO)CCO)c3)CS[C@@H]12)c1csc(N)n1. The molecule has 2 aromatic rings. The Morgan fingerprint density at radius 1 is 1.36 bits per heavy atom. The standard InChI is InChI=1S/C22H26N8O7S2/c1-37-27-15(13-11-39-22(23)25-13)18(33)26-16-19(34)30-17(21(35)36)12(10-38-20(16)30)8-28-3-2-24-14(9-28)29(4-6-31)5-7-32/h2-3,9,11,16,20,31-32H,4-8,10H2,1H3,(H3-,23,25,26,33,35,36)/p+1/t16?,20-/m0/s1. The van der Waals surface area contributed by atoms with E-state index in [1.807, 2.05) is 0 Å². The van der Waals surface area contributed by atoms with Crippen LogP contribution in [0.4, 0.5) is 10.9 Å². The molecule has 2 aliphatic rings. The second kappa shape index (κ2) is 12.4. The zero-order valence-corrected chi connectivity index (χ0v) is 22.4. The number of carboxylic acid groups (broad SMARTS) is 1. The number of carbonyl (C=O) groups excluding carboxylic acids is 2. The smallest absolute Gasteiger partial charge is 0.352 e. The first-order valence-corrected chi connectivity index (χ1v) is 13.6. The lowest BCUT2D eigenvalue weighted by Crippen LogP contribution is -2.71. The number of thioether (sulfide) groups is 1. The molecule has 1 unspecified atom stereocenters. The second-order valence-electron chi connectivity index (χ2n) is 8.33. The molecule has 4 heterocycles. The van der Waals surface area contributed by atoms with E-state index in [0.717, 1.165) is 11.3 Å². The second-order valence-corrected chi connectivity index (χ2v) is 10.3. The predicted octanol–water partition coefficient (Wildman–Crippen LogP) is -2.01. The van der Waals surface area contributed by atoms with E-state index in [-0.39, 0.29) is 55.1 Å². The van der Waals surface area contributed by atoms with Crippen LogP contribution in [0.25, 0.3) is 0 Å². The lowest BCUT2D eigenvalue weighted by molar-refractivity contribution is -0.688. The van der Waals surface area contributed by atoms with Crippen molar-refractivity contribution in [1.82, 2.24) is 20.2 Å². The zero-order valence-electron chi connectivity index (χ0n) is 20.8. The number of aliphatic carboxylic acids is 1. The lowest BCUT2D eigenvalue weighted by Gasteiger charge is -2.49. The third kappa shape index (κ3) is 5.95. The van der Waals surface area contributed by atoms with Gasteiger partial charge in [-0.3, -0.25) is 14.5 Å². The highest BCUT2D eigenvalue weighted by atomic mass is 32.2. The van der Waals surface area contributed by atoms with Gasteiger partial charge in [-0.1, -0.05) is 5.16 Å². The predicted molar refractivity (Wildman–Crippen MR) is 141 cm³/mol. The van der Waals surface area contributed by atoms with Crippen LogP contribution in [0.3, 0.4) is 0 Å². The molecule has 2 aromatic heterocycles. The van der Waals surface area contributed by atoms with Crippen LogP contribution in [0.15, 0.2) is 40.4 Å². The van der Waals surface area contributed by atoms with Crippen molar-refractivity contribution in [2.45, 2.75) is 18.0 Å². The number of nitrogens with one attached hydrogen (secondary N) is 1. The summed E-state index contributed by atoms with van der Waals surface area (Å²) in [6.07, 6.45) is 4.87. The van der Waals surface area contributed by atoms with Crippen LogP contribution in [0.2, 0.25) is 0 Å². The van der Waals surface area contributed by atoms with E-state index in [1.54, 1.807) is 21.9 Å². The molecule has 6 N–H and O–H groups in total. The van der Waals surface area contributed by atoms with E-state index in [0.29, 0.717) is 17.1 Å². The molecule has 0 aromatic carbocycles. The Kier molecular flexibility index (Phi) is 8.95. The van der Waals surface area contributed by atoms with E-state index in [2.05, 4.69) is 20.4 Å². The number of aliphatic hydroxyl groups is 2. The van der Waals surface area contributed by atoms with E-state index >= 15 is 0 Å². The minimum atomic E-state index is -1.26.